The number of ether oxygens (including phenoxy) is 1. The van der Waals surface area contributed by atoms with E-state index < -0.39 is 28.5 Å². The number of aliphatic carboxylic acids is 1. The molecule has 32 heavy (non-hydrogen) atoms. The zero-order chi connectivity index (χ0) is 23.3. The number of hydrogen-bond acceptors (Lipinski definition) is 5. The number of carbonyl (C=O) groups excluding carboxylic acids is 1. The highest BCUT2D eigenvalue weighted by molar-refractivity contribution is 7.89. The maximum absolute atomic E-state index is 12.8. The lowest BCUT2D eigenvalue weighted by Crippen LogP contribution is -2.37. The highest BCUT2D eigenvalue weighted by Gasteiger charge is 2.25. The predicted molar refractivity (Wildman–Crippen MR) is 121 cm³/mol. The van der Waals surface area contributed by atoms with Crippen LogP contribution in [0.5, 0.6) is 5.75 Å². The van der Waals surface area contributed by atoms with Crippen molar-refractivity contribution in [3.63, 3.8) is 0 Å². The summed E-state index contributed by atoms with van der Waals surface area (Å²) in [7, 11) is -4.17. The van der Waals surface area contributed by atoms with Crippen LogP contribution in [0.4, 0.5) is 0 Å². The highest BCUT2D eigenvalue weighted by atomic mass is 32.2. The molecular weight excluding hydrogens is 430 g/mol. The minimum absolute atomic E-state index is 0.0282. The van der Waals surface area contributed by atoms with E-state index in [1.807, 2.05) is 32.0 Å². The topological polar surface area (TPSA) is 110 Å². The predicted octanol–water partition coefficient (Wildman–Crippen LogP) is 3.65. The minimum Gasteiger partial charge on any atom is -0.492 e. The summed E-state index contributed by atoms with van der Waals surface area (Å²) in [6, 6.07) is 16.9. The van der Waals surface area contributed by atoms with E-state index in [1.54, 1.807) is 6.07 Å². The number of aryl methyl sites for hydroxylation is 1. The third kappa shape index (κ3) is 5.33. The van der Waals surface area contributed by atoms with Gasteiger partial charge in [-0.15, -0.1) is 0 Å². The molecule has 0 aliphatic carbocycles. The maximum atomic E-state index is 12.8. The average Bonchev–Trinajstić information content (AvgIpc) is 2.76. The van der Waals surface area contributed by atoms with Crippen molar-refractivity contribution in [1.82, 2.24) is 4.72 Å². The summed E-state index contributed by atoms with van der Waals surface area (Å²) in [5.41, 5.74) is 2.24. The Kier molecular flexibility index (Phi) is 7.27. The third-order valence-electron chi connectivity index (χ3n) is 5.17. The monoisotopic (exact) mass is 455 g/mol. The number of aldehydes is 1. The molecule has 2 atom stereocenters. The Labute approximate surface area is 187 Å². The number of nitrogens with one attached hydrogen (secondary N) is 1. The second kappa shape index (κ2) is 9.93. The van der Waals surface area contributed by atoms with Crippen molar-refractivity contribution in [3.8, 4) is 5.75 Å². The molecule has 0 amide bonds. The van der Waals surface area contributed by atoms with Gasteiger partial charge in [0, 0.05) is 5.92 Å². The first-order valence-corrected chi connectivity index (χ1v) is 11.6. The molecule has 0 radical (unpaired) electrons. The third-order valence-corrected chi connectivity index (χ3v) is 6.70. The molecule has 2 unspecified atom stereocenters. The number of benzene rings is 3. The number of para-hydroxylation sites is 1. The van der Waals surface area contributed by atoms with Crippen molar-refractivity contribution in [2.75, 3.05) is 6.61 Å². The van der Waals surface area contributed by atoms with E-state index in [4.69, 9.17) is 9.84 Å². The number of carbonyl (C=O) groups is 2. The van der Waals surface area contributed by atoms with E-state index >= 15 is 0 Å². The fourth-order valence-corrected chi connectivity index (χ4v) is 5.03. The highest BCUT2D eigenvalue weighted by Crippen LogP contribution is 2.31. The van der Waals surface area contributed by atoms with Gasteiger partial charge in [-0.25, -0.2) is 13.1 Å². The SMILES string of the molecule is Cc1ccc2ccccc2c1C(C)COc1ccccc1S(=O)(=O)NC(C=O)CC(=O)O. The van der Waals surface area contributed by atoms with Crippen LogP contribution in [0.1, 0.15) is 30.4 Å². The van der Waals surface area contributed by atoms with Crippen molar-refractivity contribution in [1.29, 1.82) is 0 Å². The lowest BCUT2D eigenvalue weighted by molar-refractivity contribution is -0.138. The van der Waals surface area contributed by atoms with Crippen molar-refractivity contribution in [2.24, 2.45) is 0 Å². The van der Waals surface area contributed by atoms with Crippen LogP contribution >= 0.6 is 0 Å². The zero-order valence-electron chi connectivity index (χ0n) is 17.8. The number of fused-ring (bicyclic) bond motifs is 1. The van der Waals surface area contributed by atoms with E-state index in [-0.39, 0.29) is 29.5 Å². The fraction of sp³-hybridized carbons (Fsp3) is 0.250. The first kappa shape index (κ1) is 23.4. The van der Waals surface area contributed by atoms with Crippen LogP contribution in [0, 0.1) is 6.92 Å². The van der Waals surface area contributed by atoms with Crippen LogP contribution in [-0.4, -0.2) is 38.4 Å². The molecule has 0 bridgehead atoms. The van der Waals surface area contributed by atoms with Gasteiger partial charge in [0.15, 0.2) is 0 Å². The lowest BCUT2D eigenvalue weighted by atomic mass is 9.91. The van der Waals surface area contributed by atoms with Gasteiger partial charge in [-0.3, -0.25) is 4.79 Å². The Morgan fingerprint density at radius 2 is 1.78 bits per heavy atom. The van der Waals surface area contributed by atoms with Gasteiger partial charge in [0.2, 0.25) is 10.0 Å². The molecule has 0 aromatic heterocycles. The molecule has 2 N–H and O–H groups in total. The molecule has 168 valence electrons. The quantitative estimate of drug-likeness (QED) is 0.452. The molecule has 0 aliphatic heterocycles. The fourth-order valence-electron chi connectivity index (χ4n) is 3.72. The number of carboxylic acid groups (broad SMARTS) is 1. The van der Waals surface area contributed by atoms with E-state index in [2.05, 4.69) is 22.9 Å². The molecule has 0 saturated carbocycles. The second-order valence-electron chi connectivity index (χ2n) is 7.64. The number of carboxylic acids is 1. The Bertz CT molecular complexity index is 1240. The van der Waals surface area contributed by atoms with Crippen molar-refractivity contribution in [3.05, 3.63) is 71.8 Å². The van der Waals surface area contributed by atoms with Gasteiger partial charge in [-0.2, -0.15) is 0 Å². The summed E-state index contributed by atoms with van der Waals surface area (Å²) in [5.74, 6) is -1.18. The minimum atomic E-state index is -4.17. The van der Waals surface area contributed by atoms with E-state index in [0.29, 0.717) is 0 Å². The van der Waals surface area contributed by atoms with Gasteiger partial charge in [0.25, 0.3) is 0 Å². The smallest absolute Gasteiger partial charge is 0.305 e. The van der Waals surface area contributed by atoms with Gasteiger partial charge >= 0.3 is 5.97 Å². The molecule has 3 aromatic carbocycles. The Balaban J connectivity index is 1.84. The average molecular weight is 456 g/mol. The molecule has 0 heterocycles. The largest absolute Gasteiger partial charge is 0.492 e. The van der Waals surface area contributed by atoms with Crippen molar-refractivity contribution >= 4 is 33.1 Å². The Hall–Kier alpha value is -3.23. The molecule has 3 aromatic rings. The van der Waals surface area contributed by atoms with Gasteiger partial charge in [-0.1, -0.05) is 55.5 Å². The summed E-state index contributed by atoms with van der Waals surface area (Å²) in [6.07, 6.45) is -0.385. The van der Waals surface area contributed by atoms with E-state index in [9.17, 15) is 18.0 Å². The lowest BCUT2D eigenvalue weighted by Gasteiger charge is -2.20. The van der Waals surface area contributed by atoms with E-state index in [1.165, 1.54) is 18.2 Å². The summed E-state index contributed by atoms with van der Waals surface area (Å²) in [6.45, 7) is 4.27. The molecule has 0 fully saturated rings. The molecule has 7 nitrogen and oxygen atoms in total. The first-order chi connectivity index (χ1) is 15.2. The van der Waals surface area contributed by atoms with Gasteiger partial charge < -0.3 is 14.6 Å². The van der Waals surface area contributed by atoms with Crippen LogP contribution in [-0.2, 0) is 19.6 Å². The summed E-state index contributed by atoms with van der Waals surface area (Å²) < 4.78 is 33.7. The Morgan fingerprint density at radius 3 is 2.50 bits per heavy atom. The first-order valence-electron chi connectivity index (χ1n) is 10.1. The van der Waals surface area contributed by atoms with Crippen LogP contribution in [0.2, 0.25) is 0 Å². The molecule has 0 saturated heterocycles. The van der Waals surface area contributed by atoms with Crippen molar-refractivity contribution < 1.29 is 27.9 Å². The van der Waals surface area contributed by atoms with Crippen molar-refractivity contribution in [2.45, 2.75) is 37.1 Å². The zero-order valence-corrected chi connectivity index (χ0v) is 18.6. The molecule has 0 spiro atoms. The number of hydrogen-bond donors (Lipinski definition) is 2. The number of rotatable bonds is 10. The molecule has 0 aliphatic rings. The maximum Gasteiger partial charge on any atom is 0.305 e. The van der Waals surface area contributed by atoms with Gasteiger partial charge in [0.1, 0.15) is 16.9 Å². The van der Waals surface area contributed by atoms with Crippen LogP contribution in [0.25, 0.3) is 10.8 Å². The normalized spacial score (nSPS) is 13.4. The van der Waals surface area contributed by atoms with Gasteiger partial charge in [-0.05, 0) is 41.0 Å². The molecule has 8 heteroatoms. The second-order valence-corrected chi connectivity index (χ2v) is 9.32. The Morgan fingerprint density at radius 1 is 1.09 bits per heavy atom. The standard InChI is InChI=1S/C24H25NO6S/c1-16-11-12-18-7-3-4-8-20(18)24(16)17(2)15-31-21-9-5-6-10-22(21)32(29,30)25-19(14-26)13-23(27)28/h3-12,14,17,19,25H,13,15H2,1-2H3,(H,27,28). The number of sulfonamides is 1. The van der Waals surface area contributed by atoms with Crippen LogP contribution in [0.15, 0.2) is 65.6 Å². The van der Waals surface area contributed by atoms with Gasteiger partial charge in [0.05, 0.1) is 19.1 Å². The summed E-state index contributed by atoms with van der Waals surface area (Å²) in [4.78, 5) is 21.8. The summed E-state index contributed by atoms with van der Waals surface area (Å²) in [5, 5.41) is 11.1. The van der Waals surface area contributed by atoms with Crippen LogP contribution < -0.4 is 9.46 Å². The molecular formula is C24H25NO6S. The van der Waals surface area contributed by atoms with Crippen LogP contribution in [0.3, 0.4) is 0 Å². The summed E-state index contributed by atoms with van der Waals surface area (Å²) >= 11 is 0. The van der Waals surface area contributed by atoms with E-state index in [0.717, 1.165) is 21.9 Å². The molecule has 3 rings (SSSR count).